The van der Waals surface area contributed by atoms with Crippen molar-refractivity contribution < 1.29 is 24.2 Å². The van der Waals surface area contributed by atoms with Crippen molar-refractivity contribution in [3.63, 3.8) is 0 Å². The van der Waals surface area contributed by atoms with Gasteiger partial charge in [0.25, 0.3) is 11.7 Å². The van der Waals surface area contributed by atoms with E-state index in [1.807, 2.05) is 50.2 Å². The van der Waals surface area contributed by atoms with E-state index in [1.54, 1.807) is 29.2 Å². The van der Waals surface area contributed by atoms with Crippen LogP contribution < -0.4 is 9.64 Å². The summed E-state index contributed by atoms with van der Waals surface area (Å²) in [5.74, 6) is -0.808. The summed E-state index contributed by atoms with van der Waals surface area (Å²) in [6.07, 6.45) is 1.66. The van der Waals surface area contributed by atoms with E-state index >= 15 is 0 Å². The van der Waals surface area contributed by atoms with Crippen molar-refractivity contribution in [2.75, 3.05) is 38.8 Å². The number of carbonyl (C=O) groups excluding carboxylic acids is 2. The van der Waals surface area contributed by atoms with Crippen molar-refractivity contribution in [2.45, 2.75) is 31.9 Å². The maximum Gasteiger partial charge on any atom is 0.295 e. The van der Waals surface area contributed by atoms with Gasteiger partial charge in [-0.15, -0.1) is 0 Å². The molecule has 2 saturated heterocycles. The van der Waals surface area contributed by atoms with Crippen molar-refractivity contribution in [1.29, 1.82) is 0 Å². The lowest BCUT2D eigenvalue weighted by molar-refractivity contribution is -0.140. The Morgan fingerprint density at radius 1 is 1.12 bits per heavy atom. The van der Waals surface area contributed by atoms with E-state index in [0.29, 0.717) is 31.1 Å². The minimum absolute atomic E-state index is 0.0970. The van der Waals surface area contributed by atoms with E-state index in [9.17, 15) is 14.7 Å². The summed E-state index contributed by atoms with van der Waals surface area (Å²) in [6.45, 7) is 3.39. The van der Waals surface area contributed by atoms with E-state index < -0.39 is 17.7 Å². The molecule has 0 spiro atoms. The Bertz CT molecular complexity index is 1040. The number of rotatable bonds is 7. The fourth-order valence-electron chi connectivity index (χ4n) is 4.41. The van der Waals surface area contributed by atoms with Crippen LogP contribution in [0.4, 0.5) is 5.69 Å². The predicted molar refractivity (Wildman–Crippen MR) is 126 cm³/mol. The molecule has 33 heavy (non-hydrogen) atoms. The van der Waals surface area contributed by atoms with Crippen molar-refractivity contribution in [3.8, 4) is 5.75 Å². The zero-order valence-electron chi connectivity index (χ0n) is 19.3. The van der Waals surface area contributed by atoms with Gasteiger partial charge in [-0.05, 0) is 61.7 Å². The molecular formula is C26H30N2O5. The van der Waals surface area contributed by atoms with Gasteiger partial charge >= 0.3 is 0 Å². The predicted octanol–water partition coefficient (Wildman–Crippen LogP) is 3.75. The highest BCUT2D eigenvalue weighted by Crippen LogP contribution is 2.40. The second kappa shape index (κ2) is 9.67. The number of hydrogen-bond acceptors (Lipinski definition) is 6. The summed E-state index contributed by atoms with van der Waals surface area (Å²) in [6, 6.07) is 13.9. The molecule has 7 nitrogen and oxygen atoms in total. The first-order valence-corrected chi connectivity index (χ1v) is 11.3. The summed E-state index contributed by atoms with van der Waals surface area (Å²) < 4.78 is 11.2. The second-order valence-electron chi connectivity index (χ2n) is 8.53. The molecule has 2 aliphatic heterocycles. The van der Waals surface area contributed by atoms with E-state index in [1.165, 1.54) is 0 Å². The molecule has 2 aromatic carbocycles. The Hall–Kier alpha value is -3.32. The minimum Gasteiger partial charge on any atom is -0.507 e. The Kier molecular flexibility index (Phi) is 6.70. The average molecular weight is 451 g/mol. The van der Waals surface area contributed by atoms with E-state index in [0.717, 1.165) is 24.1 Å². The largest absolute Gasteiger partial charge is 0.507 e. The van der Waals surface area contributed by atoms with E-state index in [4.69, 9.17) is 9.47 Å². The SMILES string of the molecule is CCOc1ccc(/C(O)=C2/C(=O)C(=O)N(CC3CCCO3)C2c2ccc(N(C)C)cc2)cc1. The Balaban J connectivity index is 1.77. The van der Waals surface area contributed by atoms with Crippen LogP contribution in [0.15, 0.2) is 54.1 Å². The van der Waals surface area contributed by atoms with E-state index in [2.05, 4.69) is 0 Å². The maximum atomic E-state index is 13.1. The van der Waals surface area contributed by atoms with Crippen LogP contribution in [-0.2, 0) is 14.3 Å². The topological polar surface area (TPSA) is 79.3 Å². The molecule has 2 heterocycles. The monoisotopic (exact) mass is 450 g/mol. The fraction of sp³-hybridized carbons (Fsp3) is 0.385. The molecular weight excluding hydrogens is 420 g/mol. The molecule has 1 amide bonds. The van der Waals surface area contributed by atoms with Gasteiger partial charge in [-0.2, -0.15) is 0 Å². The van der Waals surface area contributed by atoms with Crippen LogP contribution >= 0.6 is 0 Å². The number of Topliss-reactive ketones (excluding diaryl/α,β-unsaturated/α-hetero) is 1. The maximum absolute atomic E-state index is 13.1. The number of likely N-dealkylation sites (tertiary alicyclic amines) is 1. The number of aliphatic hydroxyl groups excluding tert-OH is 1. The lowest BCUT2D eigenvalue weighted by Crippen LogP contribution is -2.36. The quantitative estimate of drug-likeness (QED) is 0.393. The van der Waals surface area contributed by atoms with Gasteiger partial charge in [-0.3, -0.25) is 9.59 Å². The summed E-state index contributed by atoms with van der Waals surface area (Å²) in [7, 11) is 3.90. The molecule has 2 aromatic rings. The molecule has 1 N–H and O–H groups in total. The van der Waals surface area contributed by atoms with Gasteiger partial charge in [0.05, 0.1) is 24.3 Å². The Morgan fingerprint density at radius 2 is 1.82 bits per heavy atom. The number of ketones is 1. The summed E-state index contributed by atoms with van der Waals surface area (Å²) in [5, 5.41) is 11.2. The average Bonchev–Trinajstić information content (AvgIpc) is 3.42. The van der Waals surface area contributed by atoms with Gasteiger partial charge in [0.2, 0.25) is 0 Å². The molecule has 174 valence electrons. The smallest absolute Gasteiger partial charge is 0.295 e. The van der Waals surface area contributed by atoms with E-state index in [-0.39, 0.29) is 17.4 Å². The minimum atomic E-state index is -0.683. The van der Waals surface area contributed by atoms with Crippen LogP contribution in [0.3, 0.4) is 0 Å². The number of anilines is 1. The normalized spacial score (nSPS) is 22.1. The number of hydrogen-bond donors (Lipinski definition) is 1. The van der Waals surface area contributed by atoms with Crippen LogP contribution in [0, 0.1) is 0 Å². The molecule has 2 unspecified atom stereocenters. The Morgan fingerprint density at radius 3 is 2.39 bits per heavy atom. The second-order valence-corrected chi connectivity index (χ2v) is 8.53. The highest BCUT2D eigenvalue weighted by Gasteiger charge is 2.47. The van der Waals surface area contributed by atoms with Crippen LogP contribution in [0.1, 0.15) is 36.9 Å². The van der Waals surface area contributed by atoms with Crippen molar-refractivity contribution in [2.24, 2.45) is 0 Å². The molecule has 0 radical (unpaired) electrons. The van der Waals surface area contributed by atoms with Gasteiger partial charge in [0.1, 0.15) is 11.5 Å². The molecule has 0 aliphatic carbocycles. The molecule has 0 aromatic heterocycles. The van der Waals surface area contributed by atoms with Crippen LogP contribution in [0.2, 0.25) is 0 Å². The first-order valence-electron chi connectivity index (χ1n) is 11.3. The van der Waals surface area contributed by atoms with Gasteiger partial charge in [0.15, 0.2) is 0 Å². The number of nitrogens with zero attached hydrogens (tertiary/aromatic N) is 2. The third-order valence-corrected chi connectivity index (χ3v) is 6.13. The lowest BCUT2D eigenvalue weighted by atomic mass is 9.95. The molecule has 0 bridgehead atoms. The number of ether oxygens (including phenoxy) is 2. The zero-order valence-corrected chi connectivity index (χ0v) is 19.3. The molecule has 2 aliphatic rings. The van der Waals surface area contributed by atoms with Crippen molar-refractivity contribution in [3.05, 3.63) is 65.2 Å². The highest BCUT2D eigenvalue weighted by molar-refractivity contribution is 6.46. The third-order valence-electron chi connectivity index (χ3n) is 6.13. The molecule has 2 fully saturated rings. The number of carbonyl (C=O) groups is 2. The number of aliphatic hydroxyl groups is 1. The first kappa shape index (κ1) is 22.9. The van der Waals surface area contributed by atoms with Gasteiger partial charge in [-0.25, -0.2) is 0 Å². The standard InChI is InChI=1S/C26H30N2O5/c1-4-32-20-13-9-18(10-14-20)24(29)22-23(17-7-11-19(12-8-17)27(2)3)28(26(31)25(22)30)16-21-6-5-15-33-21/h7-14,21,23,29H,4-6,15-16H2,1-3H3/b24-22-. The first-order chi connectivity index (χ1) is 15.9. The van der Waals surface area contributed by atoms with Crippen molar-refractivity contribution in [1.82, 2.24) is 4.90 Å². The summed E-state index contributed by atoms with van der Waals surface area (Å²) in [4.78, 5) is 29.8. The summed E-state index contributed by atoms with van der Waals surface area (Å²) >= 11 is 0. The zero-order chi connectivity index (χ0) is 23.5. The van der Waals surface area contributed by atoms with Crippen LogP contribution in [0.5, 0.6) is 5.75 Å². The Labute approximate surface area is 194 Å². The molecule has 2 atom stereocenters. The molecule has 4 rings (SSSR count). The number of benzene rings is 2. The van der Waals surface area contributed by atoms with Crippen LogP contribution in [-0.4, -0.2) is 61.7 Å². The van der Waals surface area contributed by atoms with Crippen molar-refractivity contribution >= 4 is 23.1 Å². The van der Waals surface area contributed by atoms with Gasteiger partial charge in [0, 0.05) is 38.5 Å². The molecule has 0 saturated carbocycles. The lowest BCUT2D eigenvalue weighted by Gasteiger charge is -2.28. The third kappa shape index (κ3) is 4.59. The van der Waals surface area contributed by atoms with Gasteiger partial charge in [-0.1, -0.05) is 12.1 Å². The fourth-order valence-corrected chi connectivity index (χ4v) is 4.41. The summed E-state index contributed by atoms with van der Waals surface area (Å²) in [5.41, 5.74) is 2.33. The number of amides is 1. The van der Waals surface area contributed by atoms with Gasteiger partial charge < -0.3 is 24.4 Å². The molecule has 7 heteroatoms. The van der Waals surface area contributed by atoms with Crippen LogP contribution in [0.25, 0.3) is 5.76 Å². The highest BCUT2D eigenvalue weighted by atomic mass is 16.5.